The molecule has 0 saturated heterocycles. The maximum Gasteiger partial charge on any atom is 0.0924 e. The molecule has 0 radical (unpaired) electrons. The van der Waals surface area contributed by atoms with Crippen molar-refractivity contribution in [1.29, 1.82) is 0 Å². The van der Waals surface area contributed by atoms with Gasteiger partial charge in [0, 0.05) is 39.6 Å². The molecule has 134 valence electrons. The number of anilines is 2. The Hall–Kier alpha value is -2.78. The summed E-state index contributed by atoms with van der Waals surface area (Å²) in [6.07, 6.45) is 0. The molecule has 0 aliphatic heterocycles. The van der Waals surface area contributed by atoms with Crippen LogP contribution in [0.2, 0.25) is 0 Å². The van der Waals surface area contributed by atoms with Crippen LogP contribution >= 0.6 is 0 Å². The van der Waals surface area contributed by atoms with Crippen LogP contribution in [0.3, 0.4) is 0 Å². The monoisotopic (exact) mass is 345 g/mol. The second-order valence-electron chi connectivity index (χ2n) is 7.06. The molecule has 3 aromatic carbocycles. The summed E-state index contributed by atoms with van der Waals surface area (Å²) in [5, 5.41) is 0. The summed E-state index contributed by atoms with van der Waals surface area (Å²) in [5.74, 6) is 0. The highest BCUT2D eigenvalue weighted by Crippen LogP contribution is 2.36. The Labute approximate surface area is 156 Å². The molecule has 0 aromatic heterocycles. The van der Waals surface area contributed by atoms with Crippen molar-refractivity contribution in [3.8, 4) is 0 Å². The molecule has 3 heteroatoms. The number of rotatable bonds is 5. The smallest absolute Gasteiger partial charge is 0.0924 e. The van der Waals surface area contributed by atoms with Crippen LogP contribution in [0.4, 0.5) is 11.4 Å². The predicted octanol–water partition coefficient (Wildman–Crippen LogP) is 4.07. The van der Waals surface area contributed by atoms with Gasteiger partial charge in [-0.3, -0.25) is 0 Å². The van der Waals surface area contributed by atoms with E-state index in [4.69, 9.17) is 5.73 Å². The van der Waals surface area contributed by atoms with E-state index in [1.54, 1.807) is 0 Å². The van der Waals surface area contributed by atoms with Crippen LogP contribution in [-0.4, -0.2) is 28.2 Å². The Morgan fingerprint density at radius 3 is 1.42 bits per heavy atom. The molecule has 3 nitrogen and oxygen atoms in total. The Morgan fingerprint density at radius 1 is 0.577 bits per heavy atom. The third-order valence-corrected chi connectivity index (χ3v) is 4.86. The van der Waals surface area contributed by atoms with Gasteiger partial charge in [0.05, 0.1) is 5.54 Å². The van der Waals surface area contributed by atoms with Gasteiger partial charge in [-0.05, 0) is 41.0 Å². The van der Waals surface area contributed by atoms with Crippen molar-refractivity contribution < 1.29 is 0 Å². The van der Waals surface area contributed by atoms with Crippen molar-refractivity contribution in [2.75, 3.05) is 38.0 Å². The summed E-state index contributed by atoms with van der Waals surface area (Å²) in [7, 11) is 8.19. The number of nitrogens with zero attached hydrogens (tertiary/aromatic N) is 2. The van der Waals surface area contributed by atoms with Gasteiger partial charge in [0.1, 0.15) is 0 Å². The van der Waals surface area contributed by atoms with E-state index in [1.807, 2.05) is 46.4 Å². The molecule has 0 amide bonds. The zero-order valence-electron chi connectivity index (χ0n) is 16.0. The Kier molecular flexibility index (Phi) is 5.01. The lowest BCUT2D eigenvalue weighted by Crippen LogP contribution is -2.39. The minimum atomic E-state index is -0.723. The fourth-order valence-corrected chi connectivity index (χ4v) is 3.26. The molecule has 26 heavy (non-hydrogen) atoms. The molecule has 3 rings (SSSR count). The first-order valence-electron chi connectivity index (χ1n) is 8.83. The van der Waals surface area contributed by atoms with Crippen LogP contribution < -0.4 is 15.5 Å². The maximum absolute atomic E-state index is 7.16. The first kappa shape index (κ1) is 18.0. The van der Waals surface area contributed by atoms with Gasteiger partial charge in [-0.2, -0.15) is 0 Å². The van der Waals surface area contributed by atoms with Crippen LogP contribution in [0, 0.1) is 0 Å². The van der Waals surface area contributed by atoms with Gasteiger partial charge in [-0.1, -0.05) is 54.6 Å². The first-order valence-corrected chi connectivity index (χ1v) is 8.83. The third-order valence-electron chi connectivity index (χ3n) is 4.86. The van der Waals surface area contributed by atoms with Crippen molar-refractivity contribution in [3.63, 3.8) is 0 Å². The van der Waals surface area contributed by atoms with E-state index >= 15 is 0 Å². The average molecular weight is 345 g/mol. The standard InChI is InChI=1S/C23H27N3/c1-25(2)21-14-8-12-19(16-21)23(24,18-10-6-5-7-11-18)20-13-9-15-22(17-20)26(3)4/h5-17H,24H2,1-4H3. The van der Waals surface area contributed by atoms with Crippen LogP contribution in [0.15, 0.2) is 78.9 Å². The molecular weight excluding hydrogens is 318 g/mol. The van der Waals surface area contributed by atoms with E-state index in [1.165, 1.54) is 0 Å². The van der Waals surface area contributed by atoms with Crippen molar-refractivity contribution in [3.05, 3.63) is 95.6 Å². The molecule has 0 heterocycles. The van der Waals surface area contributed by atoms with Gasteiger partial charge >= 0.3 is 0 Å². The second kappa shape index (κ2) is 7.22. The largest absolute Gasteiger partial charge is 0.378 e. The van der Waals surface area contributed by atoms with Crippen molar-refractivity contribution >= 4 is 11.4 Å². The fourth-order valence-electron chi connectivity index (χ4n) is 3.26. The van der Waals surface area contributed by atoms with Crippen molar-refractivity contribution in [2.24, 2.45) is 5.73 Å². The average Bonchev–Trinajstić information content (AvgIpc) is 2.68. The highest BCUT2D eigenvalue weighted by molar-refractivity contribution is 5.58. The normalized spacial score (nSPS) is 11.3. The molecule has 3 aromatic rings. The molecule has 0 aliphatic rings. The number of benzene rings is 3. The zero-order chi connectivity index (χ0) is 18.7. The van der Waals surface area contributed by atoms with E-state index in [9.17, 15) is 0 Å². The van der Waals surface area contributed by atoms with Gasteiger partial charge in [0.25, 0.3) is 0 Å². The van der Waals surface area contributed by atoms with Crippen LogP contribution in [-0.2, 0) is 5.54 Å². The van der Waals surface area contributed by atoms with Gasteiger partial charge < -0.3 is 15.5 Å². The molecule has 2 N–H and O–H groups in total. The summed E-state index contributed by atoms with van der Waals surface area (Å²) >= 11 is 0. The molecule has 0 unspecified atom stereocenters. The summed E-state index contributed by atoms with van der Waals surface area (Å²) in [6.45, 7) is 0. The van der Waals surface area contributed by atoms with Crippen LogP contribution in [0.1, 0.15) is 16.7 Å². The highest BCUT2D eigenvalue weighted by Gasteiger charge is 2.32. The molecule has 0 aliphatic carbocycles. The fraction of sp³-hybridized carbons (Fsp3) is 0.217. The van der Waals surface area contributed by atoms with Gasteiger partial charge in [-0.15, -0.1) is 0 Å². The Morgan fingerprint density at radius 2 is 1.00 bits per heavy atom. The lowest BCUT2D eigenvalue weighted by molar-refractivity contribution is 0.652. The van der Waals surface area contributed by atoms with E-state index in [2.05, 4.69) is 70.5 Å². The van der Waals surface area contributed by atoms with E-state index in [0.717, 1.165) is 28.1 Å². The van der Waals surface area contributed by atoms with Crippen LogP contribution in [0.25, 0.3) is 0 Å². The Balaban J connectivity index is 2.25. The third kappa shape index (κ3) is 3.31. The highest BCUT2D eigenvalue weighted by atomic mass is 15.1. The summed E-state index contributed by atoms with van der Waals surface area (Å²) in [4.78, 5) is 4.20. The van der Waals surface area contributed by atoms with E-state index in [-0.39, 0.29) is 0 Å². The number of nitrogens with two attached hydrogens (primary N) is 1. The minimum absolute atomic E-state index is 0.723. The van der Waals surface area contributed by atoms with Gasteiger partial charge in [0.15, 0.2) is 0 Å². The molecule has 0 spiro atoms. The van der Waals surface area contributed by atoms with E-state index < -0.39 is 5.54 Å². The summed E-state index contributed by atoms with van der Waals surface area (Å²) in [5.41, 5.74) is 11.9. The molecule has 0 atom stereocenters. The molecule has 0 bridgehead atoms. The summed E-state index contributed by atoms with van der Waals surface area (Å²) < 4.78 is 0. The second-order valence-corrected chi connectivity index (χ2v) is 7.06. The quantitative estimate of drug-likeness (QED) is 0.708. The van der Waals surface area contributed by atoms with Gasteiger partial charge in [-0.25, -0.2) is 0 Å². The summed E-state index contributed by atoms with van der Waals surface area (Å²) in [6, 6.07) is 27.2. The SMILES string of the molecule is CN(C)c1cccc(C(N)(c2ccccc2)c2cccc(N(C)C)c2)c1. The predicted molar refractivity (Wildman–Crippen MR) is 112 cm³/mol. The first-order chi connectivity index (χ1) is 12.4. The van der Waals surface area contributed by atoms with Gasteiger partial charge in [0.2, 0.25) is 0 Å². The number of hydrogen-bond donors (Lipinski definition) is 1. The molecule has 0 saturated carbocycles. The molecule has 0 fully saturated rings. The van der Waals surface area contributed by atoms with Crippen molar-refractivity contribution in [2.45, 2.75) is 5.54 Å². The Bertz CT molecular complexity index is 818. The lowest BCUT2D eigenvalue weighted by atomic mass is 9.77. The molecular formula is C23H27N3. The maximum atomic E-state index is 7.16. The minimum Gasteiger partial charge on any atom is -0.378 e. The lowest BCUT2D eigenvalue weighted by Gasteiger charge is -2.33. The van der Waals surface area contributed by atoms with Crippen molar-refractivity contribution in [1.82, 2.24) is 0 Å². The van der Waals surface area contributed by atoms with Crippen LogP contribution in [0.5, 0.6) is 0 Å². The zero-order valence-corrected chi connectivity index (χ0v) is 16.0. The number of hydrogen-bond acceptors (Lipinski definition) is 3. The topological polar surface area (TPSA) is 32.5 Å². The van der Waals surface area contributed by atoms with E-state index in [0.29, 0.717) is 0 Å².